The summed E-state index contributed by atoms with van der Waals surface area (Å²) in [5.74, 6) is -2.19. The number of hydrogen-bond donors (Lipinski definition) is 2. The minimum atomic E-state index is -1.52. The van der Waals surface area contributed by atoms with Crippen LogP contribution < -0.4 is 5.73 Å². The first-order valence-electron chi connectivity index (χ1n) is 5.18. The molecule has 0 aromatic heterocycles. The van der Waals surface area contributed by atoms with Crippen molar-refractivity contribution in [2.24, 2.45) is 10.7 Å². The van der Waals surface area contributed by atoms with E-state index in [0.29, 0.717) is 5.69 Å². The van der Waals surface area contributed by atoms with Crippen molar-refractivity contribution in [3.63, 3.8) is 0 Å². The number of ether oxygens (including phenoxy) is 1. The number of carboxylic acids is 1. The molecule has 1 unspecified atom stereocenters. The predicted molar refractivity (Wildman–Crippen MR) is 65.9 cm³/mol. The van der Waals surface area contributed by atoms with Gasteiger partial charge < -0.3 is 15.6 Å². The number of nitrogens with zero attached hydrogens (tertiary/aromatic N) is 1. The number of rotatable bonds is 4. The second-order valence-corrected chi connectivity index (χ2v) is 3.59. The lowest BCUT2D eigenvalue weighted by Gasteiger charge is -2.09. The van der Waals surface area contributed by atoms with Crippen LogP contribution in [0.15, 0.2) is 29.3 Å². The average Bonchev–Trinajstić information content (AvgIpc) is 2.36. The molecule has 0 heterocycles. The highest BCUT2D eigenvalue weighted by Crippen LogP contribution is 2.18. The molecule has 0 aliphatic rings. The number of methoxy groups -OCH3 is 1. The fraction of sp³-hybridized carbons (Fsp3) is 0.250. The lowest BCUT2D eigenvalue weighted by molar-refractivity contribution is -0.139. The van der Waals surface area contributed by atoms with Gasteiger partial charge in [-0.1, -0.05) is 18.2 Å². The number of carbonyl (C=O) groups is 2. The van der Waals surface area contributed by atoms with E-state index in [2.05, 4.69) is 9.73 Å². The van der Waals surface area contributed by atoms with E-state index in [4.69, 9.17) is 10.8 Å². The van der Waals surface area contributed by atoms with Crippen molar-refractivity contribution < 1.29 is 19.4 Å². The fourth-order valence-corrected chi connectivity index (χ4v) is 1.28. The molecule has 0 saturated carbocycles. The summed E-state index contributed by atoms with van der Waals surface area (Å²) in [5, 5.41) is 8.83. The highest BCUT2D eigenvalue weighted by Gasteiger charge is 2.26. The minimum Gasteiger partial charge on any atom is -0.480 e. The van der Waals surface area contributed by atoms with Crippen LogP contribution in [-0.4, -0.2) is 35.9 Å². The molecular weight excluding hydrogens is 236 g/mol. The number of benzene rings is 1. The third-order valence-electron chi connectivity index (χ3n) is 2.31. The van der Waals surface area contributed by atoms with Crippen molar-refractivity contribution in [3.05, 3.63) is 29.8 Å². The van der Waals surface area contributed by atoms with Crippen LogP contribution in [0.5, 0.6) is 0 Å². The van der Waals surface area contributed by atoms with Crippen molar-refractivity contribution in [2.45, 2.75) is 13.0 Å². The highest BCUT2D eigenvalue weighted by atomic mass is 16.5. The molecule has 0 amide bonds. The smallest absolute Gasteiger partial charge is 0.354 e. The molecule has 1 aromatic carbocycles. The molecule has 1 rings (SSSR count). The number of aliphatic carboxylic acids is 1. The van der Waals surface area contributed by atoms with E-state index in [0.717, 1.165) is 12.7 Å². The van der Waals surface area contributed by atoms with E-state index >= 15 is 0 Å². The Morgan fingerprint density at radius 2 is 2.00 bits per heavy atom. The number of para-hydroxylation sites is 1. The molecule has 6 heteroatoms. The maximum absolute atomic E-state index is 11.5. The zero-order valence-corrected chi connectivity index (χ0v) is 10.1. The monoisotopic (exact) mass is 250 g/mol. The van der Waals surface area contributed by atoms with Crippen LogP contribution in [-0.2, 0) is 14.3 Å². The predicted octanol–water partition coefficient (Wildman–Crippen LogP) is 0.652. The standard InChI is InChI=1S/C12H14N2O4/c1-7-5-3-4-6-8(7)14-10(12(17)18-2)9(13)11(15)16/h3-6,9H,13H2,1-2H3,(H,15,16). The van der Waals surface area contributed by atoms with E-state index in [1.165, 1.54) is 0 Å². The summed E-state index contributed by atoms with van der Waals surface area (Å²) >= 11 is 0. The van der Waals surface area contributed by atoms with Gasteiger partial charge in [-0.3, -0.25) is 4.79 Å². The number of carbonyl (C=O) groups excluding carboxylic acids is 1. The van der Waals surface area contributed by atoms with Crippen LogP contribution in [0.2, 0.25) is 0 Å². The van der Waals surface area contributed by atoms with Gasteiger partial charge in [0, 0.05) is 0 Å². The number of aliphatic imine (C=N–C) groups is 1. The molecule has 0 fully saturated rings. The molecule has 6 nitrogen and oxygen atoms in total. The summed E-state index contributed by atoms with van der Waals surface area (Å²) < 4.78 is 4.48. The van der Waals surface area contributed by atoms with Crippen LogP contribution in [0.4, 0.5) is 5.69 Å². The van der Waals surface area contributed by atoms with Crippen LogP contribution in [0.1, 0.15) is 5.56 Å². The van der Waals surface area contributed by atoms with E-state index in [1.54, 1.807) is 25.1 Å². The van der Waals surface area contributed by atoms with E-state index < -0.39 is 18.0 Å². The lowest BCUT2D eigenvalue weighted by Crippen LogP contribution is -2.43. The van der Waals surface area contributed by atoms with Crippen molar-refractivity contribution in [3.8, 4) is 0 Å². The number of carboxylic acid groups (broad SMARTS) is 1. The van der Waals surface area contributed by atoms with E-state index in [9.17, 15) is 9.59 Å². The second-order valence-electron chi connectivity index (χ2n) is 3.59. The Morgan fingerprint density at radius 3 is 2.50 bits per heavy atom. The second kappa shape index (κ2) is 5.92. The Balaban J connectivity index is 3.23. The molecule has 3 N–H and O–H groups in total. The van der Waals surface area contributed by atoms with Crippen LogP contribution in [0.25, 0.3) is 0 Å². The van der Waals surface area contributed by atoms with Gasteiger partial charge in [0.1, 0.15) is 0 Å². The molecule has 0 bridgehead atoms. The zero-order chi connectivity index (χ0) is 13.7. The van der Waals surface area contributed by atoms with E-state index in [1.807, 2.05) is 6.07 Å². The Hall–Kier alpha value is -2.21. The molecule has 18 heavy (non-hydrogen) atoms. The van der Waals surface area contributed by atoms with Crippen molar-refractivity contribution in [2.75, 3.05) is 7.11 Å². The van der Waals surface area contributed by atoms with Gasteiger partial charge in [0.15, 0.2) is 11.8 Å². The molecule has 0 radical (unpaired) electrons. The van der Waals surface area contributed by atoms with Crippen LogP contribution in [0, 0.1) is 6.92 Å². The van der Waals surface area contributed by atoms with Crippen molar-refractivity contribution >= 4 is 23.3 Å². The first-order valence-corrected chi connectivity index (χ1v) is 5.18. The van der Waals surface area contributed by atoms with Crippen molar-refractivity contribution in [1.29, 1.82) is 0 Å². The highest BCUT2D eigenvalue weighted by molar-refractivity contribution is 6.42. The molecule has 96 valence electrons. The van der Waals surface area contributed by atoms with Gasteiger partial charge in [0.2, 0.25) is 0 Å². The normalized spacial score (nSPS) is 12.9. The van der Waals surface area contributed by atoms with Gasteiger partial charge in [0.25, 0.3) is 0 Å². The maximum Gasteiger partial charge on any atom is 0.354 e. The third kappa shape index (κ3) is 3.14. The number of aryl methyl sites for hydroxylation is 1. The molecular formula is C12H14N2O4. The Labute approximate surface area is 104 Å². The molecule has 0 saturated heterocycles. The third-order valence-corrected chi connectivity index (χ3v) is 2.31. The van der Waals surface area contributed by atoms with Gasteiger partial charge >= 0.3 is 11.9 Å². The van der Waals surface area contributed by atoms with Gasteiger partial charge in [-0.15, -0.1) is 0 Å². The van der Waals surface area contributed by atoms with Gasteiger partial charge in [-0.05, 0) is 18.6 Å². The SMILES string of the molecule is COC(=O)C(=Nc1ccccc1C)C(N)C(=O)O. The largest absolute Gasteiger partial charge is 0.480 e. The summed E-state index contributed by atoms with van der Waals surface area (Å²) in [6, 6.07) is 5.47. The maximum atomic E-state index is 11.5. The minimum absolute atomic E-state index is 0.334. The number of hydrogen-bond acceptors (Lipinski definition) is 5. The van der Waals surface area contributed by atoms with Gasteiger partial charge in [-0.2, -0.15) is 0 Å². The summed E-state index contributed by atoms with van der Waals surface area (Å²) in [6.45, 7) is 1.79. The van der Waals surface area contributed by atoms with Gasteiger partial charge in [0.05, 0.1) is 12.8 Å². The summed E-state index contributed by atoms with van der Waals surface area (Å²) in [5.41, 5.74) is 6.35. The lowest BCUT2D eigenvalue weighted by atomic mass is 10.1. The quantitative estimate of drug-likeness (QED) is 0.603. The topological polar surface area (TPSA) is 102 Å². The van der Waals surface area contributed by atoms with Crippen LogP contribution in [0.3, 0.4) is 0 Å². The summed E-state index contributed by atoms with van der Waals surface area (Å²) in [6.07, 6.45) is 0. The Morgan fingerprint density at radius 1 is 1.39 bits per heavy atom. The molecule has 0 aliphatic carbocycles. The molecule has 1 atom stereocenters. The molecule has 0 aliphatic heterocycles. The molecule has 0 spiro atoms. The first kappa shape index (κ1) is 13.9. The Bertz CT molecular complexity index is 497. The number of esters is 1. The first-order chi connectivity index (χ1) is 8.47. The van der Waals surface area contributed by atoms with E-state index in [-0.39, 0.29) is 5.71 Å². The zero-order valence-electron chi connectivity index (χ0n) is 10.1. The summed E-state index contributed by atoms with van der Waals surface area (Å²) in [4.78, 5) is 26.3. The fourth-order valence-electron chi connectivity index (χ4n) is 1.28. The van der Waals surface area contributed by atoms with Crippen LogP contribution >= 0.6 is 0 Å². The van der Waals surface area contributed by atoms with Gasteiger partial charge in [-0.25, -0.2) is 9.79 Å². The number of nitrogens with two attached hydrogens (primary N) is 1. The molecule has 1 aromatic rings. The average molecular weight is 250 g/mol. The van der Waals surface area contributed by atoms with Crippen molar-refractivity contribution in [1.82, 2.24) is 0 Å². The summed E-state index contributed by atoms with van der Waals surface area (Å²) in [7, 11) is 1.14. The Kier molecular flexibility index (Phi) is 4.56.